The van der Waals surface area contributed by atoms with E-state index in [1.807, 2.05) is 51.1 Å². The van der Waals surface area contributed by atoms with Gasteiger partial charge in [0, 0.05) is 17.1 Å². The van der Waals surface area contributed by atoms with E-state index in [2.05, 4.69) is 95.9 Å². The number of rotatable bonds is 4. The fourth-order valence-electron chi connectivity index (χ4n) is 6.14. The van der Waals surface area contributed by atoms with E-state index in [4.69, 9.17) is 5.48 Å². The van der Waals surface area contributed by atoms with Crippen LogP contribution in [0.3, 0.4) is 0 Å². The third kappa shape index (κ3) is 4.40. The first-order valence-corrected chi connectivity index (χ1v) is 14.8. The molecule has 1 aliphatic carbocycles. The Morgan fingerprint density at radius 3 is 1.47 bits per heavy atom. The van der Waals surface area contributed by atoms with Crippen molar-refractivity contribution in [3.63, 3.8) is 0 Å². The Morgan fingerprint density at radius 1 is 0.442 bits per heavy atom. The molecule has 0 spiro atoms. The predicted molar refractivity (Wildman–Crippen MR) is 185 cm³/mol. The average molecular weight is 556 g/mol. The zero-order valence-electron chi connectivity index (χ0n) is 28.5. The summed E-state index contributed by atoms with van der Waals surface area (Å²) in [6.07, 6.45) is 0. The van der Waals surface area contributed by atoms with Gasteiger partial charge in [-0.3, -0.25) is 0 Å². The Morgan fingerprint density at radius 2 is 0.930 bits per heavy atom. The summed E-state index contributed by atoms with van der Waals surface area (Å²) < 4.78 is 35.0. The highest BCUT2D eigenvalue weighted by atomic mass is 15.1. The largest absolute Gasteiger partial charge is 0.310 e. The summed E-state index contributed by atoms with van der Waals surface area (Å²) in [5.41, 5.74) is 9.17. The Bertz CT molecular complexity index is 2310. The first-order chi connectivity index (χ1) is 22.6. The molecule has 0 bridgehead atoms. The lowest BCUT2D eigenvalue weighted by molar-refractivity contribution is 0.590. The quantitative estimate of drug-likeness (QED) is 0.209. The van der Waals surface area contributed by atoms with Crippen LogP contribution in [-0.4, -0.2) is 0 Å². The highest BCUT2D eigenvalue weighted by molar-refractivity contribution is 6.12. The fourth-order valence-corrected chi connectivity index (χ4v) is 6.14. The van der Waals surface area contributed by atoms with Gasteiger partial charge < -0.3 is 4.90 Å². The first kappa shape index (κ1) is 21.5. The van der Waals surface area contributed by atoms with Gasteiger partial charge in [0.1, 0.15) is 0 Å². The molecule has 0 radical (unpaired) electrons. The molecular weight excluding hydrogens is 518 g/mol. The number of benzene rings is 7. The van der Waals surface area contributed by atoms with Crippen molar-refractivity contribution in [2.75, 3.05) is 4.90 Å². The van der Waals surface area contributed by atoms with Crippen molar-refractivity contribution in [3.05, 3.63) is 151 Å². The predicted octanol–water partition coefficient (Wildman–Crippen LogP) is 12.1. The number of para-hydroxylation sites is 2. The van der Waals surface area contributed by atoms with Crippen LogP contribution < -0.4 is 4.90 Å². The Hall–Kier alpha value is -5.14. The van der Waals surface area contributed by atoms with Gasteiger partial charge in [-0.1, -0.05) is 99.5 Å². The van der Waals surface area contributed by atoms with Crippen LogP contribution in [0.2, 0.25) is 0 Å². The van der Waals surface area contributed by atoms with Crippen LogP contribution in [0.15, 0.2) is 145 Å². The van der Waals surface area contributed by atoms with Crippen molar-refractivity contribution in [3.8, 4) is 33.4 Å². The molecule has 0 fully saturated rings. The SMILES string of the molecule is [2H]c1c([2H])c(C(C)(C)C)c([2H])c([2H])c1-c1ccc2cc3c(cc2c1)-c1cc2ccc(N(c4ccccc4)c4ccccc4)cc2cc1-3. The van der Waals surface area contributed by atoms with Crippen LogP contribution >= 0.6 is 0 Å². The van der Waals surface area contributed by atoms with E-state index in [-0.39, 0.29) is 24.2 Å². The minimum atomic E-state index is -0.494. The molecule has 7 aromatic carbocycles. The lowest BCUT2D eigenvalue weighted by Crippen LogP contribution is -2.10. The molecule has 8 rings (SSSR count). The molecular formula is C42H33N. The zero-order chi connectivity index (χ0) is 32.6. The van der Waals surface area contributed by atoms with Gasteiger partial charge in [0.15, 0.2) is 0 Å². The van der Waals surface area contributed by atoms with E-state index in [9.17, 15) is 0 Å². The first-order valence-electron chi connectivity index (χ1n) is 16.8. The van der Waals surface area contributed by atoms with Crippen molar-refractivity contribution >= 4 is 38.6 Å². The maximum atomic E-state index is 8.81. The van der Waals surface area contributed by atoms with Gasteiger partial charge in [-0.25, -0.2) is 0 Å². The van der Waals surface area contributed by atoms with Gasteiger partial charge in [0.05, 0.1) is 5.48 Å². The van der Waals surface area contributed by atoms with Crippen LogP contribution in [0.1, 0.15) is 31.8 Å². The zero-order valence-corrected chi connectivity index (χ0v) is 24.5. The Balaban J connectivity index is 1.20. The Kier molecular flexibility index (Phi) is 4.87. The molecule has 1 aliphatic rings. The third-order valence-corrected chi connectivity index (χ3v) is 8.47. The monoisotopic (exact) mass is 555 g/mol. The fraction of sp³-hybridized carbons (Fsp3) is 0.0952. The highest BCUT2D eigenvalue weighted by Gasteiger charge is 2.24. The van der Waals surface area contributed by atoms with Gasteiger partial charge >= 0.3 is 0 Å². The van der Waals surface area contributed by atoms with Crippen molar-refractivity contribution < 1.29 is 5.48 Å². The topological polar surface area (TPSA) is 3.24 Å². The van der Waals surface area contributed by atoms with Gasteiger partial charge in [-0.15, -0.1) is 0 Å². The van der Waals surface area contributed by atoms with Crippen LogP contribution in [0, 0.1) is 0 Å². The van der Waals surface area contributed by atoms with Crippen molar-refractivity contribution in [2.24, 2.45) is 0 Å². The number of nitrogens with zero attached hydrogens (tertiary/aromatic N) is 1. The Labute approximate surface area is 259 Å². The van der Waals surface area contributed by atoms with Crippen LogP contribution in [-0.2, 0) is 5.41 Å². The van der Waals surface area contributed by atoms with E-state index >= 15 is 0 Å². The lowest BCUT2D eigenvalue weighted by Gasteiger charge is -2.28. The number of fused-ring (bicyclic) bond motifs is 6. The van der Waals surface area contributed by atoms with Gasteiger partial charge in [0.25, 0.3) is 0 Å². The molecule has 0 aliphatic heterocycles. The standard InChI is InChI=1S/C42H33N/c1-42(2,3)34-19-16-28(17-20-34)29-14-15-30-24-38-40(26-32(30)22-29)39-25-31-18-21-37(23-33(31)27-41(38)39)43(35-10-6-4-7-11-35)36-12-8-5-9-13-36/h4-27H,1-3H3/i16D,17D,19D,20D. The maximum absolute atomic E-state index is 8.81. The number of hydrogen-bond donors (Lipinski definition) is 0. The summed E-state index contributed by atoms with van der Waals surface area (Å²) in [5, 5.41) is 4.45. The van der Waals surface area contributed by atoms with Gasteiger partial charge in [0.2, 0.25) is 0 Å². The summed E-state index contributed by atoms with van der Waals surface area (Å²) >= 11 is 0. The minimum Gasteiger partial charge on any atom is -0.310 e. The van der Waals surface area contributed by atoms with E-state index in [0.29, 0.717) is 16.7 Å². The molecule has 0 saturated heterocycles. The highest BCUT2D eigenvalue weighted by Crippen LogP contribution is 2.51. The van der Waals surface area contributed by atoms with Crippen LogP contribution in [0.4, 0.5) is 17.1 Å². The molecule has 206 valence electrons. The minimum absolute atomic E-state index is 0.00786. The van der Waals surface area contributed by atoms with Crippen LogP contribution in [0.25, 0.3) is 54.9 Å². The summed E-state index contributed by atoms with van der Waals surface area (Å²) in [4.78, 5) is 2.28. The van der Waals surface area contributed by atoms with Gasteiger partial charge in [-0.05, 0) is 133 Å². The van der Waals surface area contributed by atoms with Crippen molar-refractivity contribution in [2.45, 2.75) is 26.2 Å². The summed E-state index contributed by atoms with van der Waals surface area (Å²) in [5.74, 6) is 0. The lowest BCUT2D eigenvalue weighted by atomic mass is 9.77. The molecule has 0 unspecified atom stereocenters. The molecule has 43 heavy (non-hydrogen) atoms. The van der Waals surface area contributed by atoms with E-state index < -0.39 is 5.41 Å². The average Bonchev–Trinajstić information content (AvgIpc) is 3.06. The molecule has 0 atom stereocenters. The van der Waals surface area contributed by atoms with E-state index in [0.717, 1.165) is 27.8 Å². The van der Waals surface area contributed by atoms with Gasteiger partial charge in [-0.2, -0.15) is 0 Å². The van der Waals surface area contributed by atoms with E-state index in [1.165, 1.54) is 33.0 Å². The van der Waals surface area contributed by atoms with Crippen molar-refractivity contribution in [1.29, 1.82) is 0 Å². The number of hydrogen-bond acceptors (Lipinski definition) is 1. The molecule has 0 N–H and O–H groups in total. The normalized spacial score (nSPS) is 13.4. The maximum Gasteiger partial charge on any atom is 0.0629 e. The van der Waals surface area contributed by atoms with Crippen molar-refractivity contribution in [1.82, 2.24) is 0 Å². The summed E-state index contributed by atoms with van der Waals surface area (Å²) in [6.45, 7) is 5.78. The number of anilines is 3. The smallest absolute Gasteiger partial charge is 0.0629 e. The molecule has 1 nitrogen and oxygen atoms in total. The molecule has 1 heteroatoms. The second-order valence-electron chi connectivity index (χ2n) is 12.4. The molecule has 0 amide bonds. The summed E-state index contributed by atoms with van der Waals surface area (Å²) in [7, 11) is 0. The molecule has 7 aromatic rings. The van der Waals surface area contributed by atoms with Crippen LogP contribution in [0.5, 0.6) is 0 Å². The second kappa shape index (κ2) is 9.71. The second-order valence-corrected chi connectivity index (χ2v) is 12.4. The molecule has 0 saturated carbocycles. The molecule has 0 aromatic heterocycles. The molecule has 0 heterocycles. The third-order valence-electron chi connectivity index (χ3n) is 8.47. The summed E-state index contributed by atoms with van der Waals surface area (Å²) in [6, 6.07) is 42.6. The van der Waals surface area contributed by atoms with E-state index in [1.54, 1.807) is 0 Å².